The van der Waals surface area contributed by atoms with E-state index in [1.165, 1.54) is 5.56 Å². The Kier molecular flexibility index (Phi) is 9.63. The van der Waals surface area contributed by atoms with Crippen LogP contribution in [0.5, 0.6) is 0 Å². The number of hydrogen-bond acceptors (Lipinski definition) is 3. The maximum absolute atomic E-state index is 12.9. The quantitative estimate of drug-likeness (QED) is 0.576. The van der Waals surface area contributed by atoms with Crippen LogP contribution in [0.4, 0.5) is 0 Å². The molecule has 2 amide bonds. The van der Waals surface area contributed by atoms with Gasteiger partial charge in [-0.25, -0.2) is 0 Å². The number of thioether (sulfide) groups is 1. The molecule has 2 aromatic carbocycles. The Balaban J connectivity index is 1.99. The molecule has 0 heterocycles. The van der Waals surface area contributed by atoms with Gasteiger partial charge in [0.1, 0.15) is 6.04 Å². The Morgan fingerprint density at radius 3 is 2.21 bits per heavy atom. The molecule has 2 rings (SSSR count). The minimum Gasteiger partial charge on any atom is -0.354 e. The second kappa shape index (κ2) is 12.2. The molecule has 0 saturated heterocycles. The summed E-state index contributed by atoms with van der Waals surface area (Å²) in [5, 5.41) is 2.95. The van der Waals surface area contributed by atoms with Crippen LogP contribution in [0.15, 0.2) is 60.7 Å². The Labute approximate surface area is 172 Å². The normalized spacial score (nSPS) is 11.6. The highest BCUT2D eigenvalue weighted by molar-refractivity contribution is 7.99. The predicted molar refractivity (Wildman–Crippen MR) is 117 cm³/mol. The van der Waals surface area contributed by atoms with Crippen LogP contribution in [-0.2, 0) is 21.9 Å². The summed E-state index contributed by atoms with van der Waals surface area (Å²) in [6.45, 7) is 4.98. The van der Waals surface area contributed by atoms with Crippen molar-refractivity contribution in [3.05, 3.63) is 71.8 Å². The maximum atomic E-state index is 12.9. The van der Waals surface area contributed by atoms with Crippen LogP contribution in [0.2, 0.25) is 0 Å². The summed E-state index contributed by atoms with van der Waals surface area (Å²) in [5.74, 6) is 1.03. The van der Waals surface area contributed by atoms with Gasteiger partial charge in [-0.3, -0.25) is 9.59 Å². The molecule has 0 aromatic heterocycles. The molecule has 4 nitrogen and oxygen atoms in total. The zero-order chi connectivity index (χ0) is 20.2. The first-order valence-electron chi connectivity index (χ1n) is 9.84. The molecule has 1 N–H and O–H groups in total. The lowest BCUT2D eigenvalue weighted by Crippen LogP contribution is -2.48. The molecule has 1 atom stereocenters. The molecule has 2 aromatic rings. The van der Waals surface area contributed by atoms with Crippen LogP contribution in [0.25, 0.3) is 0 Å². The van der Waals surface area contributed by atoms with Crippen molar-refractivity contribution >= 4 is 23.6 Å². The fraction of sp³-hybridized carbons (Fsp3) is 0.391. The molecular formula is C23H30N2O2S. The van der Waals surface area contributed by atoms with Gasteiger partial charge in [-0.05, 0) is 24.5 Å². The first kappa shape index (κ1) is 22.0. The van der Waals surface area contributed by atoms with E-state index in [9.17, 15) is 9.59 Å². The molecule has 0 radical (unpaired) electrons. The average molecular weight is 399 g/mol. The van der Waals surface area contributed by atoms with Crippen LogP contribution in [-0.4, -0.2) is 35.1 Å². The fourth-order valence-corrected chi connectivity index (χ4v) is 3.68. The molecule has 0 aliphatic heterocycles. The lowest BCUT2D eigenvalue weighted by atomic mass is 10.1. The van der Waals surface area contributed by atoms with E-state index >= 15 is 0 Å². The van der Waals surface area contributed by atoms with E-state index in [1.807, 2.05) is 55.5 Å². The fourth-order valence-electron chi connectivity index (χ4n) is 2.81. The summed E-state index contributed by atoms with van der Waals surface area (Å²) < 4.78 is 0. The highest BCUT2D eigenvalue weighted by Gasteiger charge is 2.25. The smallest absolute Gasteiger partial charge is 0.242 e. The summed E-state index contributed by atoms with van der Waals surface area (Å²) in [5.41, 5.74) is 2.22. The van der Waals surface area contributed by atoms with Gasteiger partial charge in [-0.15, -0.1) is 11.8 Å². The van der Waals surface area contributed by atoms with E-state index in [4.69, 9.17) is 0 Å². The largest absolute Gasteiger partial charge is 0.354 e. The number of nitrogens with one attached hydrogen (secondary N) is 1. The Morgan fingerprint density at radius 1 is 1.00 bits per heavy atom. The van der Waals surface area contributed by atoms with Crippen molar-refractivity contribution in [1.29, 1.82) is 0 Å². The highest BCUT2D eigenvalue weighted by atomic mass is 32.2. The molecular weight excluding hydrogens is 368 g/mol. The second-order valence-corrected chi connectivity index (χ2v) is 7.79. The van der Waals surface area contributed by atoms with Crippen LogP contribution in [0, 0.1) is 0 Å². The predicted octanol–water partition coefficient (Wildman–Crippen LogP) is 4.25. The Bertz CT molecular complexity index is 722. The standard InChI is InChI=1S/C23H30N2O2S/c1-3-4-15-24-23(27)19(2)25(16-20-11-7-5-8-12-20)22(26)18-28-17-21-13-9-6-10-14-21/h5-14,19H,3-4,15-18H2,1-2H3,(H,24,27). The van der Waals surface area contributed by atoms with Gasteiger partial charge in [-0.1, -0.05) is 74.0 Å². The molecule has 0 saturated carbocycles. The van der Waals surface area contributed by atoms with E-state index in [1.54, 1.807) is 16.7 Å². The van der Waals surface area contributed by atoms with Crippen molar-refractivity contribution in [3.63, 3.8) is 0 Å². The van der Waals surface area contributed by atoms with Gasteiger partial charge < -0.3 is 10.2 Å². The van der Waals surface area contributed by atoms with E-state index < -0.39 is 6.04 Å². The summed E-state index contributed by atoms with van der Waals surface area (Å²) in [6, 6.07) is 19.4. The van der Waals surface area contributed by atoms with Crippen molar-refractivity contribution in [2.24, 2.45) is 0 Å². The number of nitrogens with zero attached hydrogens (tertiary/aromatic N) is 1. The zero-order valence-corrected chi connectivity index (χ0v) is 17.6. The third-order valence-corrected chi connectivity index (χ3v) is 5.52. The summed E-state index contributed by atoms with van der Waals surface area (Å²) in [6.07, 6.45) is 1.97. The zero-order valence-electron chi connectivity index (χ0n) is 16.8. The molecule has 1 unspecified atom stereocenters. The van der Waals surface area contributed by atoms with Gasteiger partial charge in [-0.2, -0.15) is 0 Å². The highest BCUT2D eigenvalue weighted by Crippen LogP contribution is 2.15. The lowest BCUT2D eigenvalue weighted by Gasteiger charge is -2.28. The number of carbonyl (C=O) groups is 2. The molecule has 0 aliphatic carbocycles. The van der Waals surface area contributed by atoms with Crippen LogP contribution >= 0.6 is 11.8 Å². The summed E-state index contributed by atoms with van der Waals surface area (Å²) >= 11 is 1.58. The number of unbranched alkanes of at least 4 members (excludes halogenated alkanes) is 1. The van der Waals surface area contributed by atoms with Crippen molar-refractivity contribution in [1.82, 2.24) is 10.2 Å². The van der Waals surface area contributed by atoms with Gasteiger partial charge >= 0.3 is 0 Å². The molecule has 28 heavy (non-hydrogen) atoms. The number of hydrogen-bond donors (Lipinski definition) is 1. The van der Waals surface area contributed by atoms with Gasteiger partial charge in [0.2, 0.25) is 11.8 Å². The summed E-state index contributed by atoms with van der Waals surface area (Å²) in [4.78, 5) is 27.2. The SMILES string of the molecule is CCCCNC(=O)C(C)N(Cc1ccccc1)C(=O)CSCc1ccccc1. The number of benzene rings is 2. The van der Waals surface area contributed by atoms with Crippen molar-refractivity contribution in [3.8, 4) is 0 Å². The van der Waals surface area contributed by atoms with E-state index in [0.29, 0.717) is 18.8 Å². The van der Waals surface area contributed by atoms with Gasteiger partial charge in [0.25, 0.3) is 0 Å². The second-order valence-electron chi connectivity index (χ2n) is 6.81. The first-order chi connectivity index (χ1) is 13.6. The summed E-state index contributed by atoms with van der Waals surface area (Å²) in [7, 11) is 0. The first-order valence-corrected chi connectivity index (χ1v) is 11.0. The van der Waals surface area contributed by atoms with Gasteiger partial charge in [0.15, 0.2) is 0 Å². The molecule has 0 spiro atoms. The number of carbonyl (C=O) groups excluding carboxylic acids is 2. The Morgan fingerprint density at radius 2 is 1.61 bits per heavy atom. The molecule has 0 bridgehead atoms. The van der Waals surface area contributed by atoms with Crippen LogP contribution in [0.3, 0.4) is 0 Å². The third kappa shape index (κ3) is 7.39. The number of amides is 2. The van der Waals surface area contributed by atoms with Crippen molar-refractivity contribution in [2.75, 3.05) is 12.3 Å². The van der Waals surface area contributed by atoms with E-state index in [2.05, 4.69) is 24.4 Å². The van der Waals surface area contributed by atoms with Crippen molar-refractivity contribution < 1.29 is 9.59 Å². The average Bonchev–Trinajstić information content (AvgIpc) is 2.73. The molecule has 150 valence electrons. The minimum atomic E-state index is -0.498. The molecule has 0 fully saturated rings. The van der Waals surface area contributed by atoms with Crippen LogP contribution in [0.1, 0.15) is 37.8 Å². The molecule has 5 heteroatoms. The van der Waals surface area contributed by atoms with Crippen molar-refractivity contribution in [2.45, 2.75) is 45.0 Å². The minimum absolute atomic E-state index is 0.0112. The van der Waals surface area contributed by atoms with Gasteiger partial charge in [0, 0.05) is 18.8 Å². The third-order valence-electron chi connectivity index (χ3n) is 4.53. The van der Waals surface area contributed by atoms with E-state index in [0.717, 1.165) is 24.2 Å². The van der Waals surface area contributed by atoms with E-state index in [-0.39, 0.29) is 11.8 Å². The molecule has 0 aliphatic rings. The Hall–Kier alpha value is -2.27. The maximum Gasteiger partial charge on any atom is 0.242 e. The van der Waals surface area contributed by atoms with Gasteiger partial charge in [0.05, 0.1) is 5.75 Å². The monoisotopic (exact) mass is 398 g/mol. The topological polar surface area (TPSA) is 49.4 Å². The number of rotatable bonds is 11. The van der Waals surface area contributed by atoms with Crippen LogP contribution < -0.4 is 5.32 Å². The lowest BCUT2D eigenvalue weighted by molar-refractivity contribution is -0.138.